The third kappa shape index (κ3) is 15.2. The van der Waals surface area contributed by atoms with Crippen LogP contribution in [0.2, 0.25) is 15.9 Å². The van der Waals surface area contributed by atoms with Gasteiger partial charge in [-0.25, -0.2) is 0 Å². The number of nitrogens with zero attached hydrogens (tertiary/aromatic N) is 6. The van der Waals surface area contributed by atoms with Crippen LogP contribution in [0.15, 0.2) is 48.5 Å². The summed E-state index contributed by atoms with van der Waals surface area (Å²) >= 11 is 16.6. The SMILES string of the molecule is CC(C)(C)COc1ccc(B(O)O)cc1.COc1nc(Cl)nc(-c2ccc(OCC(C)(C)C)cc2)n1.COc1nc(Cl)nc(Cl)n1. The lowest BCUT2D eigenvalue weighted by Gasteiger charge is -2.18. The summed E-state index contributed by atoms with van der Waals surface area (Å²) in [4.78, 5) is 22.8. The molecule has 0 unspecified atom stereocenters. The van der Waals surface area contributed by atoms with E-state index in [0.29, 0.717) is 24.5 Å². The van der Waals surface area contributed by atoms with Crippen LogP contribution in [0.1, 0.15) is 41.5 Å². The van der Waals surface area contributed by atoms with Crippen molar-refractivity contribution >= 4 is 47.4 Å². The van der Waals surface area contributed by atoms with E-state index in [9.17, 15) is 0 Å². The molecule has 0 aliphatic carbocycles. The molecule has 46 heavy (non-hydrogen) atoms. The van der Waals surface area contributed by atoms with Crippen LogP contribution in [0.3, 0.4) is 0 Å². The number of rotatable bonds is 8. The van der Waals surface area contributed by atoms with Gasteiger partial charge >= 0.3 is 19.1 Å². The highest BCUT2D eigenvalue weighted by molar-refractivity contribution is 6.58. The summed E-state index contributed by atoms with van der Waals surface area (Å²) in [5, 5.41) is 17.9. The summed E-state index contributed by atoms with van der Waals surface area (Å²) in [6.07, 6.45) is 0. The average molecular weight is 696 g/mol. The van der Waals surface area contributed by atoms with Crippen molar-refractivity contribution < 1.29 is 29.0 Å². The molecule has 4 rings (SSSR count). The molecule has 0 spiro atoms. The summed E-state index contributed by atoms with van der Waals surface area (Å²) in [5.41, 5.74) is 1.53. The van der Waals surface area contributed by atoms with E-state index in [-0.39, 0.29) is 38.7 Å². The second-order valence-electron chi connectivity index (χ2n) is 11.9. The standard InChI is InChI=1S/C15H18ClN3O2.C11H17BO3.C4H3Cl2N3O/c1-15(2,3)9-21-11-7-5-10(6-8-11)12-17-13(16)19-14(18-12)20-4;1-11(2,3)8-15-10-6-4-9(5-7-10)12(13)14;1-10-4-8-2(5)7-3(6)9-4/h5-8H,9H2,1-4H3;4-7,13-14H,8H2,1-3H3;1H3. The molecule has 0 saturated carbocycles. The van der Waals surface area contributed by atoms with Crippen LogP contribution in [0, 0.1) is 10.8 Å². The molecule has 16 heteroatoms. The zero-order valence-corrected chi connectivity index (χ0v) is 29.2. The lowest BCUT2D eigenvalue weighted by molar-refractivity contribution is 0.198. The molecule has 2 aromatic heterocycles. The third-order valence-electron chi connectivity index (χ3n) is 5.15. The molecule has 0 fully saturated rings. The molecule has 0 aliphatic heterocycles. The van der Waals surface area contributed by atoms with Gasteiger partial charge < -0.3 is 29.0 Å². The number of ether oxygens (including phenoxy) is 4. The van der Waals surface area contributed by atoms with Gasteiger partial charge in [0.2, 0.25) is 15.9 Å². The summed E-state index contributed by atoms with van der Waals surface area (Å²) in [6.45, 7) is 13.9. The molecule has 2 heterocycles. The predicted molar refractivity (Wildman–Crippen MR) is 179 cm³/mol. The number of hydrogen-bond acceptors (Lipinski definition) is 12. The van der Waals surface area contributed by atoms with Crippen LogP contribution in [0.25, 0.3) is 11.4 Å². The molecule has 0 amide bonds. The molecule has 0 aliphatic rings. The zero-order valence-electron chi connectivity index (χ0n) is 27.0. The fraction of sp³-hybridized carbons (Fsp3) is 0.400. The van der Waals surface area contributed by atoms with E-state index in [2.05, 4.69) is 76.2 Å². The first-order chi connectivity index (χ1) is 21.5. The van der Waals surface area contributed by atoms with E-state index in [1.165, 1.54) is 14.2 Å². The Morgan fingerprint density at radius 3 is 1.37 bits per heavy atom. The Labute approximate surface area is 284 Å². The minimum Gasteiger partial charge on any atom is -0.493 e. The number of hydrogen-bond donors (Lipinski definition) is 2. The van der Waals surface area contributed by atoms with E-state index in [1.54, 1.807) is 24.3 Å². The zero-order chi connectivity index (χ0) is 34.5. The van der Waals surface area contributed by atoms with Gasteiger partial charge in [-0.1, -0.05) is 53.7 Å². The van der Waals surface area contributed by atoms with E-state index >= 15 is 0 Å². The van der Waals surface area contributed by atoms with Crippen molar-refractivity contribution in [2.45, 2.75) is 41.5 Å². The maximum Gasteiger partial charge on any atom is 0.488 e. The minimum atomic E-state index is -1.42. The largest absolute Gasteiger partial charge is 0.493 e. The number of halogens is 3. The number of aromatic nitrogens is 6. The Balaban J connectivity index is 0.000000257. The number of benzene rings is 2. The molecule has 2 N–H and O–H groups in total. The molecule has 4 aromatic rings. The highest BCUT2D eigenvalue weighted by atomic mass is 35.5. The molecular weight excluding hydrogens is 658 g/mol. The van der Waals surface area contributed by atoms with Crippen LogP contribution in [-0.2, 0) is 0 Å². The highest BCUT2D eigenvalue weighted by Gasteiger charge is 2.14. The second kappa shape index (κ2) is 18.0. The van der Waals surface area contributed by atoms with Gasteiger partial charge in [-0.3, -0.25) is 0 Å². The lowest BCUT2D eigenvalue weighted by Crippen LogP contribution is -2.29. The van der Waals surface area contributed by atoms with Crippen molar-refractivity contribution in [3.8, 4) is 34.9 Å². The van der Waals surface area contributed by atoms with Gasteiger partial charge in [0.25, 0.3) is 0 Å². The van der Waals surface area contributed by atoms with Crippen LogP contribution in [0.5, 0.6) is 23.5 Å². The summed E-state index contributed by atoms with van der Waals surface area (Å²) in [5.74, 6) is 2.02. The highest BCUT2D eigenvalue weighted by Crippen LogP contribution is 2.23. The molecule has 248 valence electrons. The lowest BCUT2D eigenvalue weighted by atomic mass is 9.80. The number of methoxy groups -OCH3 is 2. The second-order valence-corrected chi connectivity index (χ2v) is 13.0. The van der Waals surface area contributed by atoms with Gasteiger partial charge in [0, 0.05) is 5.56 Å². The monoisotopic (exact) mass is 694 g/mol. The first-order valence-corrected chi connectivity index (χ1v) is 15.0. The van der Waals surface area contributed by atoms with E-state index in [0.717, 1.165) is 17.1 Å². The quantitative estimate of drug-likeness (QED) is 0.220. The first-order valence-electron chi connectivity index (χ1n) is 13.9. The van der Waals surface area contributed by atoms with Crippen molar-refractivity contribution in [1.29, 1.82) is 0 Å². The molecule has 0 radical (unpaired) electrons. The van der Waals surface area contributed by atoms with Gasteiger partial charge in [0.15, 0.2) is 5.82 Å². The first kappa shape index (κ1) is 38.7. The van der Waals surface area contributed by atoms with Gasteiger partial charge in [0.05, 0.1) is 27.4 Å². The Kier molecular flexibility index (Phi) is 15.1. The molecular formula is C30H38BCl3N6O6. The van der Waals surface area contributed by atoms with Gasteiger partial charge in [-0.15, -0.1) is 0 Å². The maximum absolute atomic E-state index is 8.89. The van der Waals surface area contributed by atoms with Gasteiger partial charge in [-0.2, -0.15) is 29.9 Å². The molecule has 0 bridgehead atoms. The predicted octanol–water partition coefficient (Wildman–Crippen LogP) is 5.60. The van der Waals surface area contributed by atoms with Crippen molar-refractivity contribution in [3.05, 3.63) is 64.4 Å². The van der Waals surface area contributed by atoms with Crippen LogP contribution in [0.4, 0.5) is 0 Å². The smallest absolute Gasteiger partial charge is 0.488 e. The van der Waals surface area contributed by atoms with E-state index < -0.39 is 7.12 Å². The Bertz CT molecular complexity index is 1490. The van der Waals surface area contributed by atoms with Crippen LogP contribution in [-0.4, -0.2) is 74.5 Å². The van der Waals surface area contributed by atoms with Crippen LogP contribution >= 0.6 is 34.8 Å². The third-order valence-corrected chi connectivity index (χ3v) is 5.65. The molecule has 0 atom stereocenters. The van der Waals surface area contributed by atoms with Crippen molar-refractivity contribution in [3.63, 3.8) is 0 Å². The van der Waals surface area contributed by atoms with Gasteiger partial charge in [-0.05, 0) is 87.5 Å². The van der Waals surface area contributed by atoms with Crippen molar-refractivity contribution in [2.75, 3.05) is 27.4 Å². The fourth-order valence-corrected chi connectivity index (χ4v) is 3.49. The molecule has 0 saturated heterocycles. The Morgan fingerprint density at radius 2 is 0.978 bits per heavy atom. The van der Waals surface area contributed by atoms with E-state index in [4.69, 9.17) is 59.1 Å². The topological polar surface area (TPSA) is 155 Å². The molecule has 12 nitrogen and oxygen atoms in total. The summed E-state index contributed by atoms with van der Waals surface area (Å²) in [6, 6.07) is 14.6. The molecule has 2 aromatic carbocycles. The Morgan fingerprint density at radius 1 is 0.587 bits per heavy atom. The maximum atomic E-state index is 8.89. The fourth-order valence-electron chi connectivity index (χ4n) is 2.99. The van der Waals surface area contributed by atoms with E-state index in [1.807, 2.05) is 24.3 Å². The van der Waals surface area contributed by atoms with Crippen molar-refractivity contribution in [2.24, 2.45) is 10.8 Å². The Hall–Kier alpha value is -3.49. The van der Waals surface area contributed by atoms with Gasteiger partial charge in [0.1, 0.15) is 11.5 Å². The van der Waals surface area contributed by atoms with Crippen LogP contribution < -0.4 is 24.4 Å². The van der Waals surface area contributed by atoms with Crippen molar-refractivity contribution in [1.82, 2.24) is 29.9 Å². The summed E-state index contributed by atoms with van der Waals surface area (Å²) in [7, 11) is 1.49. The minimum absolute atomic E-state index is 0.0249. The normalized spacial score (nSPS) is 10.9. The summed E-state index contributed by atoms with van der Waals surface area (Å²) < 4.78 is 20.9. The average Bonchev–Trinajstić information content (AvgIpc) is 2.98.